The van der Waals surface area contributed by atoms with Gasteiger partial charge in [0.25, 0.3) is 0 Å². The second-order valence-electron chi connectivity index (χ2n) is 4.33. The van der Waals surface area contributed by atoms with E-state index in [2.05, 4.69) is 28.7 Å². The first kappa shape index (κ1) is 11.7. The van der Waals surface area contributed by atoms with Gasteiger partial charge in [-0.05, 0) is 31.4 Å². The van der Waals surface area contributed by atoms with Gasteiger partial charge in [-0.3, -0.25) is 4.98 Å². The van der Waals surface area contributed by atoms with Gasteiger partial charge in [0.05, 0.1) is 11.9 Å². The minimum atomic E-state index is 0.740. The van der Waals surface area contributed by atoms with Gasteiger partial charge in [-0.15, -0.1) is 0 Å². The molecule has 1 unspecified atom stereocenters. The predicted molar refractivity (Wildman–Crippen MR) is 70.7 cm³/mol. The summed E-state index contributed by atoms with van der Waals surface area (Å²) in [5, 5.41) is 0. The highest BCUT2D eigenvalue weighted by molar-refractivity contribution is 7.99. The van der Waals surface area contributed by atoms with Gasteiger partial charge in [-0.25, -0.2) is 0 Å². The van der Waals surface area contributed by atoms with Crippen LogP contribution in [0.4, 0.5) is 5.69 Å². The molecule has 1 aromatic heterocycles. The maximum Gasteiger partial charge on any atom is 0.0501 e. The van der Waals surface area contributed by atoms with Gasteiger partial charge in [0, 0.05) is 30.5 Å². The van der Waals surface area contributed by atoms with E-state index >= 15 is 0 Å². The van der Waals surface area contributed by atoms with Crippen LogP contribution >= 0.6 is 11.8 Å². The van der Waals surface area contributed by atoms with Crippen molar-refractivity contribution in [1.29, 1.82) is 0 Å². The van der Waals surface area contributed by atoms with Crippen molar-refractivity contribution in [2.45, 2.75) is 18.9 Å². The zero-order chi connectivity index (χ0) is 11.4. The number of rotatable bonds is 4. The molecule has 4 heteroatoms. The molecule has 0 bridgehead atoms. The van der Waals surface area contributed by atoms with Gasteiger partial charge in [0.1, 0.15) is 0 Å². The molecule has 0 amide bonds. The quantitative estimate of drug-likeness (QED) is 0.864. The summed E-state index contributed by atoms with van der Waals surface area (Å²) in [6, 6.07) is 4.71. The van der Waals surface area contributed by atoms with E-state index in [1.165, 1.54) is 17.9 Å². The number of hydrogen-bond acceptors (Lipinski definition) is 4. The first-order valence-corrected chi connectivity index (χ1v) is 6.89. The third-order valence-electron chi connectivity index (χ3n) is 3.10. The fourth-order valence-corrected chi connectivity index (χ4v) is 3.23. The van der Waals surface area contributed by atoms with Gasteiger partial charge in [0.15, 0.2) is 0 Å². The number of likely N-dealkylation sites (N-methyl/N-ethyl adjacent to an activating group) is 1. The number of thioether (sulfide) groups is 1. The number of nitrogen functional groups attached to an aromatic ring is 1. The van der Waals surface area contributed by atoms with E-state index in [9.17, 15) is 0 Å². The molecule has 2 N–H and O–H groups in total. The second-order valence-corrected chi connectivity index (χ2v) is 5.48. The van der Waals surface area contributed by atoms with E-state index in [4.69, 9.17) is 5.73 Å². The van der Waals surface area contributed by atoms with Crippen LogP contribution in [0.1, 0.15) is 12.1 Å². The fraction of sp³-hybridized carbons (Fsp3) is 0.583. The highest BCUT2D eigenvalue weighted by Gasteiger charge is 2.19. The van der Waals surface area contributed by atoms with E-state index in [1.54, 1.807) is 6.20 Å². The second kappa shape index (κ2) is 5.55. The summed E-state index contributed by atoms with van der Waals surface area (Å²) in [5.41, 5.74) is 7.48. The lowest BCUT2D eigenvalue weighted by molar-refractivity contribution is 0.265. The standard InChI is InChI=1S/C12H19N3S/c1-15(12-5-7-16-9-12)6-4-11-3-2-10(13)8-14-11/h2-3,8,12H,4-7,9,13H2,1H3. The Morgan fingerprint density at radius 1 is 1.56 bits per heavy atom. The van der Waals surface area contributed by atoms with Crippen LogP contribution in [0.2, 0.25) is 0 Å². The van der Waals surface area contributed by atoms with Crippen LogP contribution in [0.25, 0.3) is 0 Å². The predicted octanol–water partition coefficient (Wildman–Crippen LogP) is 1.64. The number of nitrogens with two attached hydrogens (primary N) is 1. The molecule has 3 nitrogen and oxygen atoms in total. The van der Waals surface area contributed by atoms with Crippen molar-refractivity contribution in [3.8, 4) is 0 Å². The molecule has 0 aliphatic carbocycles. The van der Waals surface area contributed by atoms with Crippen molar-refractivity contribution in [3.05, 3.63) is 24.0 Å². The lowest BCUT2D eigenvalue weighted by atomic mass is 10.2. The van der Waals surface area contributed by atoms with Crippen LogP contribution in [0.5, 0.6) is 0 Å². The normalized spacial score (nSPS) is 20.5. The smallest absolute Gasteiger partial charge is 0.0501 e. The van der Waals surface area contributed by atoms with Gasteiger partial charge < -0.3 is 10.6 Å². The largest absolute Gasteiger partial charge is 0.397 e. The lowest BCUT2D eigenvalue weighted by Gasteiger charge is -2.23. The van der Waals surface area contributed by atoms with Crippen LogP contribution < -0.4 is 5.73 Å². The Bertz CT molecular complexity index is 320. The molecule has 1 aliphatic heterocycles. The van der Waals surface area contributed by atoms with Crippen LogP contribution in [-0.4, -0.2) is 41.0 Å². The average molecular weight is 237 g/mol. The van der Waals surface area contributed by atoms with Crippen molar-refractivity contribution >= 4 is 17.4 Å². The Hall–Kier alpha value is -0.740. The highest BCUT2D eigenvalue weighted by Crippen LogP contribution is 2.21. The third-order valence-corrected chi connectivity index (χ3v) is 4.24. The van der Waals surface area contributed by atoms with Crippen molar-refractivity contribution in [2.24, 2.45) is 0 Å². The molecule has 1 atom stereocenters. The topological polar surface area (TPSA) is 42.1 Å². The summed E-state index contributed by atoms with van der Waals surface area (Å²) in [6.45, 7) is 1.09. The molecular weight excluding hydrogens is 218 g/mol. The van der Waals surface area contributed by atoms with E-state index in [0.717, 1.165) is 30.4 Å². The highest BCUT2D eigenvalue weighted by atomic mass is 32.2. The Balaban J connectivity index is 1.80. The molecule has 1 fully saturated rings. The van der Waals surface area contributed by atoms with Crippen LogP contribution in [0.3, 0.4) is 0 Å². The summed E-state index contributed by atoms with van der Waals surface area (Å²) in [4.78, 5) is 6.78. The Kier molecular flexibility index (Phi) is 4.07. The molecule has 0 spiro atoms. The number of anilines is 1. The molecule has 0 saturated carbocycles. The van der Waals surface area contributed by atoms with E-state index in [1.807, 2.05) is 12.1 Å². The van der Waals surface area contributed by atoms with E-state index in [-0.39, 0.29) is 0 Å². The summed E-state index contributed by atoms with van der Waals surface area (Å²) >= 11 is 2.06. The molecule has 1 saturated heterocycles. The van der Waals surface area contributed by atoms with Crippen molar-refractivity contribution < 1.29 is 0 Å². The maximum absolute atomic E-state index is 5.61. The lowest BCUT2D eigenvalue weighted by Crippen LogP contribution is -2.33. The molecule has 88 valence electrons. The molecule has 16 heavy (non-hydrogen) atoms. The van der Waals surface area contributed by atoms with Gasteiger partial charge in [-0.1, -0.05) is 0 Å². The molecule has 1 aliphatic rings. The molecule has 1 aromatic rings. The molecule has 0 radical (unpaired) electrons. The SMILES string of the molecule is CN(CCc1ccc(N)cn1)C1CCSC1. The summed E-state index contributed by atoms with van der Waals surface area (Å²) in [6.07, 6.45) is 4.08. The van der Waals surface area contributed by atoms with Gasteiger partial charge >= 0.3 is 0 Å². The van der Waals surface area contributed by atoms with E-state index in [0.29, 0.717) is 0 Å². The average Bonchev–Trinajstić information content (AvgIpc) is 2.81. The minimum Gasteiger partial charge on any atom is -0.397 e. The summed E-state index contributed by atoms with van der Waals surface area (Å²) in [7, 11) is 2.22. The number of nitrogens with zero attached hydrogens (tertiary/aromatic N) is 2. The maximum atomic E-state index is 5.61. The molecular formula is C12H19N3S. The molecule has 2 rings (SSSR count). The van der Waals surface area contributed by atoms with Crippen molar-refractivity contribution in [1.82, 2.24) is 9.88 Å². The summed E-state index contributed by atoms with van der Waals surface area (Å²) in [5.74, 6) is 2.60. The van der Waals surface area contributed by atoms with Crippen LogP contribution in [-0.2, 0) is 6.42 Å². The van der Waals surface area contributed by atoms with Gasteiger partial charge in [-0.2, -0.15) is 11.8 Å². The summed E-state index contributed by atoms with van der Waals surface area (Å²) < 4.78 is 0. The molecule has 2 heterocycles. The Labute approximate surface area is 101 Å². The first-order chi connectivity index (χ1) is 7.75. The van der Waals surface area contributed by atoms with E-state index < -0.39 is 0 Å². The Morgan fingerprint density at radius 3 is 3.06 bits per heavy atom. The zero-order valence-corrected chi connectivity index (χ0v) is 10.5. The van der Waals surface area contributed by atoms with Crippen molar-refractivity contribution in [2.75, 3.05) is 30.8 Å². The number of aromatic nitrogens is 1. The van der Waals surface area contributed by atoms with Crippen LogP contribution in [0, 0.1) is 0 Å². The zero-order valence-electron chi connectivity index (χ0n) is 9.72. The number of pyridine rings is 1. The Morgan fingerprint density at radius 2 is 2.44 bits per heavy atom. The first-order valence-electron chi connectivity index (χ1n) is 5.74. The number of hydrogen-bond donors (Lipinski definition) is 1. The third kappa shape index (κ3) is 3.12. The van der Waals surface area contributed by atoms with Crippen LogP contribution in [0.15, 0.2) is 18.3 Å². The molecule has 0 aromatic carbocycles. The van der Waals surface area contributed by atoms with Crippen molar-refractivity contribution in [3.63, 3.8) is 0 Å². The van der Waals surface area contributed by atoms with Gasteiger partial charge in [0.2, 0.25) is 0 Å². The monoisotopic (exact) mass is 237 g/mol. The fourth-order valence-electron chi connectivity index (χ4n) is 1.93. The minimum absolute atomic E-state index is 0.740.